The smallest absolute Gasteiger partial charge is 0.231 e. The third-order valence-corrected chi connectivity index (χ3v) is 3.37. The highest BCUT2D eigenvalue weighted by Gasteiger charge is 2.27. The molecule has 22 heavy (non-hydrogen) atoms. The first-order chi connectivity index (χ1) is 10.7. The summed E-state index contributed by atoms with van der Waals surface area (Å²) in [7, 11) is 1.61. The molecule has 1 aliphatic heterocycles. The van der Waals surface area contributed by atoms with Crippen LogP contribution >= 0.6 is 0 Å². The molecule has 0 saturated carbocycles. The van der Waals surface area contributed by atoms with E-state index in [0.717, 1.165) is 11.3 Å². The maximum Gasteiger partial charge on any atom is 0.231 e. The predicted molar refractivity (Wildman–Crippen MR) is 83.5 cm³/mol. The van der Waals surface area contributed by atoms with Crippen LogP contribution in [0.1, 0.15) is 22.8 Å². The number of fused-ring (bicyclic) bond motifs is 1. The van der Waals surface area contributed by atoms with Gasteiger partial charge in [-0.2, -0.15) is 0 Å². The molecule has 1 aliphatic rings. The van der Waals surface area contributed by atoms with Crippen molar-refractivity contribution < 1.29 is 19.0 Å². The predicted octanol–water partition coefficient (Wildman–Crippen LogP) is 3.71. The van der Waals surface area contributed by atoms with Crippen molar-refractivity contribution in [1.82, 2.24) is 0 Å². The minimum atomic E-state index is -0.117. The standard InChI is InChI=1S/C18H16O4/c1-3-21-14-8-9-15-16(11-14)22-17(18(15)19)10-12-4-6-13(20-2)7-5-12/h4-11H,3H2,1-2H3/b17-10-. The number of methoxy groups -OCH3 is 1. The zero-order chi connectivity index (χ0) is 15.5. The van der Waals surface area contributed by atoms with Crippen molar-refractivity contribution >= 4 is 11.9 Å². The van der Waals surface area contributed by atoms with Gasteiger partial charge in [-0.3, -0.25) is 4.79 Å². The van der Waals surface area contributed by atoms with Crippen LogP contribution in [0.2, 0.25) is 0 Å². The van der Waals surface area contributed by atoms with Gasteiger partial charge < -0.3 is 14.2 Å². The summed E-state index contributed by atoms with van der Waals surface area (Å²) < 4.78 is 16.2. The van der Waals surface area contributed by atoms with Crippen LogP contribution in [0.15, 0.2) is 48.2 Å². The van der Waals surface area contributed by atoms with E-state index in [0.29, 0.717) is 29.4 Å². The van der Waals surface area contributed by atoms with Gasteiger partial charge in [-0.15, -0.1) is 0 Å². The van der Waals surface area contributed by atoms with E-state index >= 15 is 0 Å². The highest BCUT2D eigenvalue weighted by Crippen LogP contribution is 2.34. The van der Waals surface area contributed by atoms with Gasteiger partial charge in [0.25, 0.3) is 0 Å². The zero-order valence-corrected chi connectivity index (χ0v) is 12.5. The fourth-order valence-electron chi connectivity index (χ4n) is 2.28. The van der Waals surface area contributed by atoms with Gasteiger partial charge in [-0.05, 0) is 42.8 Å². The lowest BCUT2D eigenvalue weighted by atomic mass is 10.1. The van der Waals surface area contributed by atoms with Crippen LogP contribution < -0.4 is 14.2 Å². The fraction of sp³-hybridized carbons (Fsp3) is 0.167. The third-order valence-electron chi connectivity index (χ3n) is 3.37. The number of Topliss-reactive ketones (excluding diaryl/α,β-unsaturated/α-hetero) is 1. The second-order valence-corrected chi connectivity index (χ2v) is 4.80. The molecule has 4 heteroatoms. The number of ketones is 1. The lowest BCUT2D eigenvalue weighted by molar-refractivity contribution is 0.101. The molecule has 0 unspecified atom stereocenters. The van der Waals surface area contributed by atoms with Gasteiger partial charge in [0.2, 0.25) is 5.78 Å². The van der Waals surface area contributed by atoms with Crippen molar-refractivity contribution in [3.05, 3.63) is 59.4 Å². The minimum absolute atomic E-state index is 0.117. The van der Waals surface area contributed by atoms with E-state index in [9.17, 15) is 4.79 Å². The lowest BCUT2D eigenvalue weighted by Crippen LogP contribution is -1.98. The number of hydrogen-bond acceptors (Lipinski definition) is 4. The topological polar surface area (TPSA) is 44.8 Å². The molecule has 2 aromatic rings. The molecule has 0 fully saturated rings. The molecular formula is C18H16O4. The van der Waals surface area contributed by atoms with E-state index in [1.165, 1.54) is 0 Å². The Kier molecular flexibility index (Phi) is 3.83. The summed E-state index contributed by atoms with van der Waals surface area (Å²) in [4.78, 5) is 12.3. The molecule has 0 radical (unpaired) electrons. The van der Waals surface area contributed by atoms with Crippen LogP contribution in [0.5, 0.6) is 17.2 Å². The van der Waals surface area contributed by atoms with Crippen LogP contribution in [0.25, 0.3) is 6.08 Å². The maximum absolute atomic E-state index is 12.3. The molecule has 112 valence electrons. The molecule has 0 spiro atoms. The number of hydrogen-bond donors (Lipinski definition) is 0. The first-order valence-corrected chi connectivity index (χ1v) is 7.06. The van der Waals surface area contributed by atoms with E-state index < -0.39 is 0 Å². The monoisotopic (exact) mass is 296 g/mol. The summed E-state index contributed by atoms with van der Waals surface area (Å²) in [5.74, 6) is 2.20. The Labute approximate surface area is 128 Å². The van der Waals surface area contributed by atoms with Crippen LogP contribution in [0, 0.1) is 0 Å². The van der Waals surface area contributed by atoms with Crippen LogP contribution in [0.3, 0.4) is 0 Å². The third kappa shape index (κ3) is 2.68. The van der Waals surface area contributed by atoms with Gasteiger partial charge in [-0.1, -0.05) is 12.1 Å². The maximum atomic E-state index is 12.3. The summed E-state index contributed by atoms with van der Waals surface area (Å²) in [5.41, 5.74) is 1.44. The quantitative estimate of drug-likeness (QED) is 0.807. The fourth-order valence-corrected chi connectivity index (χ4v) is 2.28. The highest BCUT2D eigenvalue weighted by molar-refractivity contribution is 6.14. The molecule has 2 aromatic carbocycles. The Morgan fingerprint density at radius 3 is 2.50 bits per heavy atom. The van der Waals surface area contributed by atoms with Crippen molar-refractivity contribution in [2.75, 3.05) is 13.7 Å². The molecule has 0 atom stereocenters. The molecular weight excluding hydrogens is 280 g/mol. The van der Waals surface area contributed by atoms with Gasteiger partial charge in [0.15, 0.2) is 5.76 Å². The van der Waals surface area contributed by atoms with Gasteiger partial charge >= 0.3 is 0 Å². The van der Waals surface area contributed by atoms with E-state index in [2.05, 4.69) is 0 Å². The number of benzene rings is 2. The highest BCUT2D eigenvalue weighted by atomic mass is 16.5. The summed E-state index contributed by atoms with van der Waals surface area (Å²) >= 11 is 0. The molecule has 0 bridgehead atoms. The summed E-state index contributed by atoms with van der Waals surface area (Å²) in [6.45, 7) is 2.48. The van der Waals surface area contributed by atoms with Crippen LogP contribution in [0.4, 0.5) is 0 Å². The van der Waals surface area contributed by atoms with Gasteiger partial charge in [0.1, 0.15) is 17.2 Å². The van der Waals surface area contributed by atoms with E-state index in [1.54, 1.807) is 31.4 Å². The summed E-state index contributed by atoms with van der Waals surface area (Å²) in [6, 6.07) is 12.7. The molecule has 0 aromatic heterocycles. The second-order valence-electron chi connectivity index (χ2n) is 4.80. The Morgan fingerprint density at radius 1 is 1.09 bits per heavy atom. The molecule has 0 saturated heterocycles. The Morgan fingerprint density at radius 2 is 1.82 bits per heavy atom. The molecule has 0 N–H and O–H groups in total. The lowest BCUT2D eigenvalue weighted by Gasteiger charge is -2.04. The Balaban J connectivity index is 1.87. The van der Waals surface area contributed by atoms with Crippen LogP contribution in [-0.4, -0.2) is 19.5 Å². The normalized spacial score (nSPS) is 14.6. The largest absolute Gasteiger partial charge is 0.497 e. The van der Waals surface area contributed by atoms with Gasteiger partial charge in [0, 0.05) is 6.07 Å². The average molecular weight is 296 g/mol. The van der Waals surface area contributed by atoms with Crippen LogP contribution in [-0.2, 0) is 0 Å². The molecule has 4 nitrogen and oxygen atoms in total. The molecule has 3 rings (SSSR count). The average Bonchev–Trinajstić information content (AvgIpc) is 2.84. The van der Waals surface area contributed by atoms with Gasteiger partial charge in [-0.25, -0.2) is 0 Å². The van der Waals surface area contributed by atoms with E-state index in [1.807, 2.05) is 31.2 Å². The first-order valence-electron chi connectivity index (χ1n) is 7.06. The number of ether oxygens (including phenoxy) is 3. The summed E-state index contributed by atoms with van der Waals surface area (Å²) in [6.07, 6.45) is 1.72. The van der Waals surface area contributed by atoms with Crippen molar-refractivity contribution in [2.24, 2.45) is 0 Å². The van der Waals surface area contributed by atoms with Crippen molar-refractivity contribution in [3.63, 3.8) is 0 Å². The minimum Gasteiger partial charge on any atom is -0.497 e. The number of carbonyl (C=O) groups is 1. The Bertz CT molecular complexity index is 729. The number of allylic oxidation sites excluding steroid dienone is 1. The van der Waals surface area contributed by atoms with Crippen molar-refractivity contribution in [3.8, 4) is 17.2 Å². The number of carbonyl (C=O) groups excluding carboxylic acids is 1. The molecule has 1 heterocycles. The molecule has 0 amide bonds. The first kappa shape index (κ1) is 14.2. The van der Waals surface area contributed by atoms with Crippen molar-refractivity contribution in [2.45, 2.75) is 6.92 Å². The molecule has 0 aliphatic carbocycles. The zero-order valence-electron chi connectivity index (χ0n) is 12.5. The van der Waals surface area contributed by atoms with Crippen molar-refractivity contribution in [1.29, 1.82) is 0 Å². The Hall–Kier alpha value is -2.75. The summed E-state index contributed by atoms with van der Waals surface area (Å²) in [5, 5.41) is 0. The van der Waals surface area contributed by atoms with E-state index in [-0.39, 0.29) is 5.78 Å². The van der Waals surface area contributed by atoms with E-state index in [4.69, 9.17) is 14.2 Å². The second kappa shape index (κ2) is 5.93. The number of rotatable bonds is 4. The SMILES string of the molecule is CCOc1ccc2c(c1)O/C(=C\c1ccc(OC)cc1)C2=O. The van der Waals surface area contributed by atoms with Gasteiger partial charge in [0.05, 0.1) is 19.3 Å².